The Kier molecular flexibility index (Phi) is 5.58. The first kappa shape index (κ1) is 18.8. The second-order valence-corrected chi connectivity index (χ2v) is 7.61. The third-order valence-corrected chi connectivity index (χ3v) is 5.89. The molecule has 1 aliphatic carbocycles. The van der Waals surface area contributed by atoms with Crippen molar-refractivity contribution in [3.8, 4) is 0 Å². The van der Waals surface area contributed by atoms with E-state index in [-0.39, 0.29) is 29.8 Å². The molecule has 0 radical (unpaired) electrons. The van der Waals surface area contributed by atoms with Crippen LogP contribution in [-0.2, 0) is 15.0 Å². The minimum atomic E-state index is -0.681. The van der Waals surface area contributed by atoms with E-state index < -0.39 is 17.0 Å². The van der Waals surface area contributed by atoms with E-state index in [0.29, 0.717) is 25.9 Å². The maximum absolute atomic E-state index is 14.4. The van der Waals surface area contributed by atoms with Gasteiger partial charge in [-0.05, 0) is 37.8 Å². The predicted molar refractivity (Wildman–Crippen MR) is 94.5 cm³/mol. The van der Waals surface area contributed by atoms with E-state index in [1.807, 2.05) is 0 Å². The highest BCUT2D eigenvalue weighted by atomic mass is 19.1. The van der Waals surface area contributed by atoms with Crippen molar-refractivity contribution < 1.29 is 18.4 Å². The fraction of sp³-hybridized carbons (Fsp3) is 0.600. The number of amides is 2. The molecule has 0 unspecified atom stereocenters. The highest BCUT2D eigenvalue weighted by molar-refractivity contribution is 5.80. The SMILES string of the molecule is CC(=O)N1CCC[C@@H](C(=O)NCC2(c3c(F)cccc3F)CCCC2)C1. The maximum Gasteiger partial charge on any atom is 0.224 e. The molecule has 1 saturated carbocycles. The summed E-state index contributed by atoms with van der Waals surface area (Å²) in [4.78, 5) is 25.9. The summed E-state index contributed by atoms with van der Waals surface area (Å²) in [6.45, 7) is 2.85. The largest absolute Gasteiger partial charge is 0.355 e. The van der Waals surface area contributed by atoms with Crippen molar-refractivity contribution in [1.29, 1.82) is 0 Å². The minimum Gasteiger partial charge on any atom is -0.355 e. The Morgan fingerprint density at radius 3 is 2.46 bits per heavy atom. The first-order valence-corrected chi connectivity index (χ1v) is 9.41. The van der Waals surface area contributed by atoms with E-state index >= 15 is 0 Å². The second-order valence-electron chi connectivity index (χ2n) is 7.61. The van der Waals surface area contributed by atoms with Gasteiger partial charge in [-0.25, -0.2) is 8.78 Å². The van der Waals surface area contributed by atoms with Gasteiger partial charge in [0.15, 0.2) is 0 Å². The monoisotopic (exact) mass is 364 g/mol. The number of carbonyl (C=O) groups is 2. The number of benzene rings is 1. The van der Waals surface area contributed by atoms with Gasteiger partial charge in [0.1, 0.15) is 11.6 Å². The molecular formula is C20H26F2N2O2. The molecule has 142 valence electrons. The molecule has 0 spiro atoms. The fourth-order valence-corrected chi connectivity index (χ4v) is 4.45. The molecule has 1 N–H and O–H groups in total. The zero-order valence-corrected chi connectivity index (χ0v) is 15.2. The lowest BCUT2D eigenvalue weighted by molar-refractivity contribution is -0.134. The molecule has 2 fully saturated rings. The molecule has 4 nitrogen and oxygen atoms in total. The first-order chi connectivity index (χ1) is 12.4. The molecular weight excluding hydrogens is 338 g/mol. The fourth-order valence-electron chi connectivity index (χ4n) is 4.45. The minimum absolute atomic E-state index is 0.0248. The van der Waals surface area contributed by atoms with Crippen LogP contribution in [0, 0.1) is 17.6 Å². The van der Waals surface area contributed by atoms with Gasteiger partial charge in [0.05, 0.1) is 5.92 Å². The average molecular weight is 364 g/mol. The van der Waals surface area contributed by atoms with Gasteiger partial charge in [-0.1, -0.05) is 18.9 Å². The zero-order chi connectivity index (χ0) is 18.7. The molecule has 2 aliphatic rings. The molecule has 1 aromatic carbocycles. The van der Waals surface area contributed by atoms with E-state index in [1.54, 1.807) is 4.90 Å². The highest BCUT2D eigenvalue weighted by Gasteiger charge is 2.40. The summed E-state index contributed by atoms with van der Waals surface area (Å²) in [6, 6.07) is 3.94. The van der Waals surface area contributed by atoms with Crippen LogP contribution in [0.3, 0.4) is 0 Å². The van der Waals surface area contributed by atoms with Gasteiger partial charge in [0.25, 0.3) is 0 Å². The van der Waals surface area contributed by atoms with Crippen molar-refractivity contribution in [2.45, 2.75) is 50.9 Å². The van der Waals surface area contributed by atoms with Crippen molar-refractivity contribution in [2.24, 2.45) is 5.92 Å². The molecule has 1 heterocycles. The smallest absolute Gasteiger partial charge is 0.224 e. The van der Waals surface area contributed by atoms with E-state index in [9.17, 15) is 18.4 Å². The summed E-state index contributed by atoms with van der Waals surface area (Å²) in [5.74, 6) is -1.48. The molecule has 1 atom stereocenters. The zero-order valence-electron chi connectivity index (χ0n) is 15.2. The van der Waals surface area contributed by atoms with Gasteiger partial charge in [0.2, 0.25) is 11.8 Å². The van der Waals surface area contributed by atoms with Crippen molar-refractivity contribution in [3.05, 3.63) is 35.4 Å². The van der Waals surface area contributed by atoms with Crippen LogP contribution in [0.15, 0.2) is 18.2 Å². The second kappa shape index (κ2) is 7.72. The Morgan fingerprint density at radius 2 is 1.85 bits per heavy atom. The number of nitrogens with one attached hydrogen (secondary N) is 1. The topological polar surface area (TPSA) is 49.4 Å². The highest BCUT2D eigenvalue weighted by Crippen LogP contribution is 2.42. The Morgan fingerprint density at radius 1 is 1.19 bits per heavy atom. The quantitative estimate of drug-likeness (QED) is 0.892. The van der Waals surface area contributed by atoms with Gasteiger partial charge in [0, 0.05) is 37.5 Å². The molecule has 2 amide bonds. The number of halogens is 2. The number of hydrogen-bond acceptors (Lipinski definition) is 2. The van der Waals surface area contributed by atoms with E-state index in [4.69, 9.17) is 0 Å². The van der Waals surface area contributed by atoms with Crippen LogP contribution in [0.4, 0.5) is 8.78 Å². The van der Waals surface area contributed by atoms with Crippen molar-refractivity contribution in [3.63, 3.8) is 0 Å². The number of carbonyl (C=O) groups excluding carboxylic acids is 2. The van der Waals surface area contributed by atoms with Crippen LogP contribution in [-0.4, -0.2) is 36.3 Å². The van der Waals surface area contributed by atoms with Gasteiger partial charge in [-0.15, -0.1) is 0 Å². The molecule has 1 aromatic rings. The lowest BCUT2D eigenvalue weighted by Crippen LogP contribution is -2.47. The van der Waals surface area contributed by atoms with Crippen LogP contribution in [0.1, 0.15) is 51.0 Å². The van der Waals surface area contributed by atoms with Crippen LogP contribution in [0.5, 0.6) is 0 Å². The summed E-state index contributed by atoms with van der Waals surface area (Å²) in [6.07, 6.45) is 4.64. The first-order valence-electron chi connectivity index (χ1n) is 9.41. The van der Waals surface area contributed by atoms with E-state index in [2.05, 4.69) is 5.32 Å². The lowest BCUT2D eigenvalue weighted by Gasteiger charge is -2.34. The number of likely N-dealkylation sites (tertiary alicyclic amines) is 1. The van der Waals surface area contributed by atoms with Crippen LogP contribution in [0.2, 0.25) is 0 Å². The van der Waals surface area contributed by atoms with Crippen LogP contribution in [0.25, 0.3) is 0 Å². The Bertz CT molecular complexity index is 666. The summed E-state index contributed by atoms with van der Waals surface area (Å²) in [5, 5.41) is 2.94. The van der Waals surface area contributed by atoms with Crippen molar-refractivity contribution >= 4 is 11.8 Å². The van der Waals surface area contributed by atoms with Crippen LogP contribution < -0.4 is 5.32 Å². The number of hydrogen-bond donors (Lipinski definition) is 1. The maximum atomic E-state index is 14.4. The summed E-state index contributed by atoms with van der Waals surface area (Å²) in [5.41, 5.74) is -0.577. The Hall–Kier alpha value is -1.98. The van der Waals surface area contributed by atoms with Gasteiger partial charge < -0.3 is 10.2 Å². The predicted octanol–water partition coefficient (Wildman–Crippen LogP) is 3.15. The molecule has 0 bridgehead atoms. The molecule has 0 aromatic heterocycles. The molecule has 3 rings (SSSR count). The van der Waals surface area contributed by atoms with E-state index in [1.165, 1.54) is 25.1 Å². The standard InChI is InChI=1S/C20H26F2N2O2/c1-14(25)24-11-5-6-15(12-24)19(26)23-13-20(9-2-3-10-20)18-16(21)7-4-8-17(18)22/h4,7-8,15H,2-3,5-6,9-13H2,1H3,(H,23,26)/t15-/m1/s1. The number of piperidine rings is 1. The number of rotatable bonds is 4. The molecule has 1 aliphatic heterocycles. The summed E-state index contributed by atoms with van der Waals surface area (Å²) < 4.78 is 28.7. The normalized spacial score (nSPS) is 22.3. The Balaban J connectivity index is 1.72. The lowest BCUT2D eigenvalue weighted by atomic mass is 9.78. The molecule has 6 heteroatoms. The third kappa shape index (κ3) is 3.74. The average Bonchev–Trinajstić information content (AvgIpc) is 3.09. The summed E-state index contributed by atoms with van der Waals surface area (Å²) in [7, 11) is 0. The van der Waals surface area contributed by atoms with Gasteiger partial charge in [-0.3, -0.25) is 9.59 Å². The summed E-state index contributed by atoms with van der Waals surface area (Å²) >= 11 is 0. The van der Waals surface area contributed by atoms with Gasteiger partial charge >= 0.3 is 0 Å². The Labute approximate surface area is 152 Å². The molecule has 1 saturated heterocycles. The number of nitrogens with zero attached hydrogens (tertiary/aromatic N) is 1. The van der Waals surface area contributed by atoms with Crippen molar-refractivity contribution in [1.82, 2.24) is 10.2 Å². The van der Waals surface area contributed by atoms with E-state index in [0.717, 1.165) is 25.7 Å². The van der Waals surface area contributed by atoms with Gasteiger partial charge in [-0.2, -0.15) is 0 Å². The molecule has 26 heavy (non-hydrogen) atoms. The van der Waals surface area contributed by atoms with Crippen molar-refractivity contribution in [2.75, 3.05) is 19.6 Å². The van der Waals surface area contributed by atoms with Crippen LogP contribution >= 0.6 is 0 Å². The third-order valence-electron chi connectivity index (χ3n) is 5.89.